The standard InChI is InChI=1S/C17H21NO4/c1-4-17(5-2,16(20)21)10-18-15(19)13-9-12-8-6-7-11(3)14(12)22-13/h6-9H,4-5,10H2,1-3H3,(H,18,19)(H,20,21). The molecule has 1 heterocycles. The predicted molar refractivity (Wildman–Crippen MR) is 83.9 cm³/mol. The molecule has 5 nitrogen and oxygen atoms in total. The highest BCUT2D eigenvalue weighted by molar-refractivity contribution is 5.96. The maximum absolute atomic E-state index is 12.2. The Kier molecular flexibility index (Phi) is 4.54. The Labute approximate surface area is 129 Å². The molecule has 0 radical (unpaired) electrons. The molecule has 118 valence electrons. The number of aliphatic carboxylic acids is 1. The van der Waals surface area contributed by atoms with Crippen molar-refractivity contribution < 1.29 is 19.1 Å². The molecule has 1 aromatic heterocycles. The minimum atomic E-state index is -0.933. The first kappa shape index (κ1) is 16.1. The van der Waals surface area contributed by atoms with Crippen LogP contribution >= 0.6 is 0 Å². The van der Waals surface area contributed by atoms with Gasteiger partial charge in [0.1, 0.15) is 5.58 Å². The maximum Gasteiger partial charge on any atom is 0.311 e. The van der Waals surface area contributed by atoms with Crippen molar-refractivity contribution in [3.05, 3.63) is 35.6 Å². The second-order valence-electron chi connectivity index (χ2n) is 5.58. The zero-order valence-corrected chi connectivity index (χ0v) is 13.1. The molecular formula is C17H21NO4. The molecule has 0 bridgehead atoms. The van der Waals surface area contributed by atoms with Crippen molar-refractivity contribution in [1.29, 1.82) is 0 Å². The first-order valence-electron chi connectivity index (χ1n) is 7.44. The maximum atomic E-state index is 12.2. The number of fused-ring (bicyclic) bond motifs is 1. The average molecular weight is 303 g/mol. The van der Waals surface area contributed by atoms with Gasteiger partial charge in [-0.15, -0.1) is 0 Å². The number of aryl methyl sites for hydroxylation is 1. The van der Waals surface area contributed by atoms with E-state index in [0.717, 1.165) is 10.9 Å². The number of benzene rings is 1. The Morgan fingerprint density at radius 2 is 1.95 bits per heavy atom. The molecule has 0 saturated carbocycles. The lowest BCUT2D eigenvalue weighted by atomic mass is 9.82. The number of hydrogen-bond donors (Lipinski definition) is 2. The van der Waals surface area contributed by atoms with Crippen molar-refractivity contribution in [1.82, 2.24) is 5.32 Å². The summed E-state index contributed by atoms with van der Waals surface area (Å²) in [6.07, 6.45) is 0.913. The number of carbonyl (C=O) groups is 2. The molecule has 0 saturated heterocycles. The zero-order valence-electron chi connectivity index (χ0n) is 13.1. The van der Waals surface area contributed by atoms with E-state index in [0.29, 0.717) is 18.4 Å². The molecule has 0 aliphatic rings. The van der Waals surface area contributed by atoms with Gasteiger partial charge in [0.2, 0.25) is 0 Å². The van der Waals surface area contributed by atoms with Crippen LogP contribution < -0.4 is 5.32 Å². The summed E-state index contributed by atoms with van der Waals surface area (Å²) in [6.45, 7) is 5.63. The molecule has 22 heavy (non-hydrogen) atoms. The van der Waals surface area contributed by atoms with Gasteiger partial charge in [-0.25, -0.2) is 0 Å². The molecule has 0 fully saturated rings. The fourth-order valence-electron chi connectivity index (χ4n) is 2.54. The third-order valence-electron chi connectivity index (χ3n) is 4.36. The summed E-state index contributed by atoms with van der Waals surface area (Å²) < 4.78 is 5.59. The van der Waals surface area contributed by atoms with Crippen LogP contribution in [0, 0.1) is 12.3 Å². The Hall–Kier alpha value is -2.30. The van der Waals surface area contributed by atoms with Crippen LogP contribution in [0.5, 0.6) is 0 Å². The molecule has 2 N–H and O–H groups in total. The van der Waals surface area contributed by atoms with Crippen molar-refractivity contribution >= 4 is 22.8 Å². The van der Waals surface area contributed by atoms with E-state index in [4.69, 9.17) is 4.42 Å². The fourth-order valence-corrected chi connectivity index (χ4v) is 2.54. The van der Waals surface area contributed by atoms with Crippen molar-refractivity contribution in [3.8, 4) is 0 Å². The van der Waals surface area contributed by atoms with Gasteiger partial charge in [-0.3, -0.25) is 9.59 Å². The van der Waals surface area contributed by atoms with Gasteiger partial charge in [-0.05, 0) is 31.4 Å². The summed E-state index contributed by atoms with van der Waals surface area (Å²) in [7, 11) is 0. The van der Waals surface area contributed by atoms with Crippen LogP contribution in [0.3, 0.4) is 0 Å². The number of carboxylic acids is 1. The SMILES string of the molecule is CCC(CC)(CNC(=O)c1cc2cccc(C)c2o1)C(=O)O. The van der Waals surface area contributed by atoms with Crippen LogP contribution in [-0.2, 0) is 4.79 Å². The van der Waals surface area contributed by atoms with Gasteiger partial charge in [-0.2, -0.15) is 0 Å². The number of rotatable bonds is 6. The minimum Gasteiger partial charge on any atom is -0.481 e. The van der Waals surface area contributed by atoms with Crippen LogP contribution in [0.2, 0.25) is 0 Å². The molecule has 2 aromatic rings. The highest BCUT2D eigenvalue weighted by Gasteiger charge is 2.35. The second-order valence-corrected chi connectivity index (χ2v) is 5.58. The van der Waals surface area contributed by atoms with Crippen LogP contribution in [0.1, 0.15) is 42.8 Å². The van der Waals surface area contributed by atoms with Crippen molar-refractivity contribution in [3.63, 3.8) is 0 Å². The fraction of sp³-hybridized carbons (Fsp3) is 0.412. The van der Waals surface area contributed by atoms with Crippen molar-refractivity contribution in [2.45, 2.75) is 33.6 Å². The number of carbonyl (C=O) groups excluding carboxylic acids is 1. The smallest absolute Gasteiger partial charge is 0.311 e. The molecule has 2 rings (SSSR count). The van der Waals surface area contributed by atoms with E-state index in [2.05, 4.69) is 5.32 Å². The van der Waals surface area contributed by atoms with Gasteiger partial charge in [0.15, 0.2) is 5.76 Å². The predicted octanol–water partition coefficient (Wildman–Crippen LogP) is 3.36. The number of hydrogen-bond acceptors (Lipinski definition) is 3. The van der Waals surface area contributed by atoms with E-state index in [9.17, 15) is 14.7 Å². The number of carboxylic acid groups (broad SMARTS) is 1. The highest BCUT2D eigenvalue weighted by Crippen LogP contribution is 2.26. The number of para-hydroxylation sites is 1. The van der Waals surface area contributed by atoms with E-state index in [1.54, 1.807) is 6.07 Å². The van der Waals surface area contributed by atoms with Gasteiger partial charge < -0.3 is 14.8 Å². The van der Waals surface area contributed by atoms with Gasteiger partial charge in [0.25, 0.3) is 5.91 Å². The number of furan rings is 1. The van der Waals surface area contributed by atoms with Gasteiger partial charge in [0.05, 0.1) is 5.41 Å². The van der Waals surface area contributed by atoms with Gasteiger partial charge in [-0.1, -0.05) is 32.0 Å². The zero-order chi connectivity index (χ0) is 16.3. The molecule has 0 aliphatic heterocycles. The summed E-state index contributed by atoms with van der Waals surface area (Å²) in [6, 6.07) is 7.37. The van der Waals surface area contributed by atoms with Gasteiger partial charge >= 0.3 is 5.97 Å². The first-order chi connectivity index (χ1) is 10.4. The molecular weight excluding hydrogens is 282 g/mol. The number of nitrogens with one attached hydrogen (secondary N) is 1. The Balaban J connectivity index is 2.17. The monoisotopic (exact) mass is 303 g/mol. The van der Waals surface area contributed by atoms with Crippen molar-refractivity contribution in [2.24, 2.45) is 5.41 Å². The van der Waals surface area contributed by atoms with Crippen LogP contribution in [0.25, 0.3) is 11.0 Å². The Morgan fingerprint density at radius 1 is 1.27 bits per heavy atom. The molecule has 5 heteroatoms. The third-order valence-corrected chi connectivity index (χ3v) is 4.36. The molecule has 0 unspecified atom stereocenters. The Bertz CT molecular complexity index is 698. The van der Waals surface area contributed by atoms with Gasteiger partial charge in [0, 0.05) is 11.9 Å². The lowest BCUT2D eigenvalue weighted by Gasteiger charge is -2.26. The van der Waals surface area contributed by atoms with E-state index >= 15 is 0 Å². The Morgan fingerprint density at radius 3 is 2.50 bits per heavy atom. The lowest BCUT2D eigenvalue weighted by molar-refractivity contribution is -0.149. The van der Waals surface area contributed by atoms with Crippen LogP contribution in [0.15, 0.2) is 28.7 Å². The highest BCUT2D eigenvalue weighted by atomic mass is 16.4. The summed E-state index contributed by atoms with van der Waals surface area (Å²) in [4.78, 5) is 23.7. The lowest BCUT2D eigenvalue weighted by Crippen LogP contribution is -2.42. The number of amides is 1. The van der Waals surface area contributed by atoms with Crippen LogP contribution in [0.4, 0.5) is 0 Å². The summed E-state index contributed by atoms with van der Waals surface area (Å²) in [5.74, 6) is -1.07. The second kappa shape index (κ2) is 6.22. The molecule has 0 spiro atoms. The van der Waals surface area contributed by atoms with E-state index < -0.39 is 11.4 Å². The third kappa shape index (κ3) is 2.84. The average Bonchev–Trinajstić information content (AvgIpc) is 2.94. The topological polar surface area (TPSA) is 79.5 Å². The molecule has 0 atom stereocenters. The molecule has 1 aromatic carbocycles. The van der Waals surface area contributed by atoms with Crippen LogP contribution in [-0.4, -0.2) is 23.5 Å². The molecule has 1 amide bonds. The van der Waals surface area contributed by atoms with E-state index in [1.165, 1.54) is 0 Å². The van der Waals surface area contributed by atoms with Crippen molar-refractivity contribution in [2.75, 3.05) is 6.54 Å². The summed E-state index contributed by atoms with van der Waals surface area (Å²) >= 11 is 0. The normalized spacial score (nSPS) is 11.6. The summed E-state index contributed by atoms with van der Waals surface area (Å²) in [5.41, 5.74) is 0.708. The minimum absolute atomic E-state index is 0.0875. The first-order valence-corrected chi connectivity index (χ1v) is 7.44. The largest absolute Gasteiger partial charge is 0.481 e. The molecule has 0 aliphatic carbocycles. The quantitative estimate of drug-likeness (QED) is 0.857. The van der Waals surface area contributed by atoms with E-state index in [-0.39, 0.29) is 18.2 Å². The van der Waals surface area contributed by atoms with E-state index in [1.807, 2.05) is 39.0 Å². The summed E-state index contributed by atoms with van der Waals surface area (Å²) in [5, 5.41) is 12.9.